The van der Waals surface area contributed by atoms with E-state index in [-0.39, 0.29) is 0 Å². The normalized spacial score (nSPS) is 11.0. The number of benzene rings is 1. The standard InChI is InChI=1S/C11H17N3/c1-8-6-9(4-2-3-5-12)7-10(13)11(8)14/h2,4,6-7H,3,5,12-14H2,1H3. The van der Waals surface area contributed by atoms with E-state index in [9.17, 15) is 0 Å². The molecule has 3 nitrogen and oxygen atoms in total. The summed E-state index contributed by atoms with van der Waals surface area (Å²) in [6.07, 6.45) is 4.92. The van der Waals surface area contributed by atoms with Crippen LogP contribution in [0, 0.1) is 6.92 Å². The lowest BCUT2D eigenvalue weighted by Gasteiger charge is -2.05. The SMILES string of the molecule is Cc1cc(C=CCCN)cc(N)c1N. The van der Waals surface area contributed by atoms with Crippen molar-refractivity contribution in [3.05, 3.63) is 29.3 Å². The zero-order chi connectivity index (χ0) is 10.6. The Hall–Kier alpha value is -1.48. The fourth-order valence-electron chi connectivity index (χ4n) is 1.27. The summed E-state index contributed by atoms with van der Waals surface area (Å²) in [5.74, 6) is 0. The highest BCUT2D eigenvalue weighted by atomic mass is 14.7. The minimum absolute atomic E-state index is 0.636. The van der Waals surface area contributed by atoms with E-state index in [4.69, 9.17) is 17.2 Å². The van der Waals surface area contributed by atoms with Gasteiger partial charge in [-0.1, -0.05) is 12.2 Å². The van der Waals surface area contributed by atoms with Gasteiger partial charge in [-0.05, 0) is 43.1 Å². The molecule has 0 atom stereocenters. The number of nitrogen functional groups attached to an aromatic ring is 2. The Morgan fingerprint density at radius 2 is 2.00 bits per heavy atom. The molecule has 3 heteroatoms. The first-order valence-electron chi connectivity index (χ1n) is 4.67. The fraction of sp³-hybridized carbons (Fsp3) is 0.273. The van der Waals surface area contributed by atoms with Crippen LogP contribution in [0.4, 0.5) is 11.4 Å². The summed E-state index contributed by atoms with van der Waals surface area (Å²) in [6.45, 7) is 2.62. The van der Waals surface area contributed by atoms with Crippen molar-refractivity contribution in [3.63, 3.8) is 0 Å². The molecule has 0 heterocycles. The van der Waals surface area contributed by atoms with Gasteiger partial charge in [0.15, 0.2) is 0 Å². The van der Waals surface area contributed by atoms with Crippen molar-refractivity contribution in [3.8, 4) is 0 Å². The average Bonchev–Trinajstić information content (AvgIpc) is 2.14. The van der Waals surface area contributed by atoms with Gasteiger partial charge in [-0.25, -0.2) is 0 Å². The average molecular weight is 191 g/mol. The highest BCUT2D eigenvalue weighted by Gasteiger charge is 1.99. The summed E-state index contributed by atoms with van der Waals surface area (Å²) in [5.41, 5.74) is 20.2. The van der Waals surface area contributed by atoms with Gasteiger partial charge in [0.1, 0.15) is 0 Å². The van der Waals surface area contributed by atoms with E-state index in [1.54, 1.807) is 0 Å². The van der Waals surface area contributed by atoms with E-state index < -0.39 is 0 Å². The first-order chi connectivity index (χ1) is 6.65. The first-order valence-corrected chi connectivity index (χ1v) is 4.67. The van der Waals surface area contributed by atoms with E-state index in [1.165, 1.54) is 0 Å². The molecule has 1 aromatic rings. The second kappa shape index (κ2) is 4.67. The molecule has 6 N–H and O–H groups in total. The van der Waals surface area contributed by atoms with Gasteiger partial charge in [0, 0.05) is 0 Å². The Bertz CT molecular complexity index is 319. The van der Waals surface area contributed by atoms with Gasteiger partial charge in [0.25, 0.3) is 0 Å². The van der Waals surface area contributed by atoms with Crippen LogP contribution in [-0.4, -0.2) is 6.54 Å². The number of hydrogen-bond donors (Lipinski definition) is 3. The molecule has 0 radical (unpaired) electrons. The van der Waals surface area contributed by atoms with Gasteiger partial charge < -0.3 is 17.2 Å². The molecule has 0 spiro atoms. The Balaban J connectivity index is 2.89. The summed E-state index contributed by atoms with van der Waals surface area (Å²) < 4.78 is 0. The monoisotopic (exact) mass is 191 g/mol. The van der Waals surface area contributed by atoms with Gasteiger partial charge >= 0.3 is 0 Å². The summed E-state index contributed by atoms with van der Waals surface area (Å²) in [7, 11) is 0. The van der Waals surface area contributed by atoms with Crippen LogP contribution in [0.25, 0.3) is 6.08 Å². The maximum absolute atomic E-state index is 5.74. The topological polar surface area (TPSA) is 78.1 Å². The van der Waals surface area contributed by atoms with Gasteiger partial charge in [0.05, 0.1) is 11.4 Å². The third kappa shape index (κ3) is 2.50. The molecule has 14 heavy (non-hydrogen) atoms. The second-order valence-electron chi connectivity index (χ2n) is 3.32. The molecule has 0 saturated heterocycles. The third-order valence-electron chi connectivity index (χ3n) is 2.08. The van der Waals surface area contributed by atoms with Crippen molar-refractivity contribution in [1.82, 2.24) is 0 Å². The first kappa shape index (κ1) is 10.6. The Labute approximate surface area is 84.6 Å². The Kier molecular flexibility index (Phi) is 3.54. The lowest BCUT2D eigenvalue weighted by atomic mass is 10.1. The molecule has 76 valence electrons. The van der Waals surface area contributed by atoms with Crippen LogP contribution in [0.2, 0.25) is 0 Å². The molecule has 0 aliphatic heterocycles. The highest BCUT2D eigenvalue weighted by Crippen LogP contribution is 2.22. The van der Waals surface area contributed by atoms with Crippen molar-refractivity contribution < 1.29 is 0 Å². The number of hydrogen-bond acceptors (Lipinski definition) is 3. The fourth-order valence-corrected chi connectivity index (χ4v) is 1.27. The number of rotatable bonds is 3. The van der Waals surface area contributed by atoms with Gasteiger partial charge in [-0.15, -0.1) is 0 Å². The van der Waals surface area contributed by atoms with Crippen molar-refractivity contribution in [2.24, 2.45) is 5.73 Å². The minimum atomic E-state index is 0.636. The van der Waals surface area contributed by atoms with E-state index in [2.05, 4.69) is 0 Å². The molecular formula is C11H17N3. The lowest BCUT2D eigenvalue weighted by Crippen LogP contribution is -1.98. The molecule has 0 aliphatic carbocycles. The quantitative estimate of drug-likeness (QED) is 0.634. The molecule has 0 fully saturated rings. The van der Waals surface area contributed by atoms with Crippen LogP contribution in [0.1, 0.15) is 17.5 Å². The van der Waals surface area contributed by atoms with E-state index in [0.717, 1.165) is 17.5 Å². The third-order valence-corrected chi connectivity index (χ3v) is 2.08. The van der Waals surface area contributed by atoms with Crippen molar-refractivity contribution >= 4 is 17.5 Å². The Morgan fingerprint density at radius 1 is 1.29 bits per heavy atom. The van der Waals surface area contributed by atoms with Crippen LogP contribution >= 0.6 is 0 Å². The lowest BCUT2D eigenvalue weighted by molar-refractivity contribution is 1.01. The highest BCUT2D eigenvalue weighted by molar-refractivity contribution is 5.71. The van der Waals surface area contributed by atoms with Gasteiger partial charge in [-0.2, -0.15) is 0 Å². The van der Waals surface area contributed by atoms with Crippen LogP contribution in [0.15, 0.2) is 18.2 Å². The zero-order valence-corrected chi connectivity index (χ0v) is 8.46. The minimum Gasteiger partial charge on any atom is -0.397 e. The van der Waals surface area contributed by atoms with Crippen molar-refractivity contribution in [2.75, 3.05) is 18.0 Å². The molecule has 0 bridgehead atoms. The predicted octanol–water partition coefficient (Wildman–Crippen LogP) is 1.52. The summed E-state index contributed by atoms with van der Waals surface area (Å²) in [6, 6.07) is 3.88. The molecule has 0 unspecified atom stereocenters. The molecule has 0 aliphatic rings. The van der Waals surface area contributed by atoms with Crippen LogP contribution in [0.5, 0.6) is 0 Å². The zero-order valence-electron chi connectivity index (χ0n) is 8.46. The van der Waals surface area contributed by atoms with Gasteiger partial charge in [-0.3, -0.25) is 0 Å². The van der Waals surface area contributed by atoms with Crippen molar-refractivity contribution in [2.45, 2.75) is 13.3 Å². The molecule has 0 saturated carbocycles. The number of anilines is 2. The summed E-state index contributed by atoms with van der Waals surface area (Å²) in [5, 5.41) is 0. The predicted molar refractivity (Wildman–Crippen MR) is 62.7 cm³/mol. The number of aryl methyl sites for hydroxylation is 1. The van der Waals surface area contributed by atoms with Crippen LogP contribution in [0.3, 0.4) is 0 Å². The summed E-state index contributed by atoms with van der Waals surface area (Å²) >= 11 is 0. The van der Waals surface area contributed by atoms with Crippen LogP contribution in [-0.2, 0) is 0 Å². The Morgan fingerprint density at radius 3 is 2.57 bits per heavy atom. The van der Waals surface area contributed by atoms with E-state index >= 15 is 0 Å². The molecule has 0 amide bonds. The van der Waals surface area contributed by atoms with Gasteiger partial charge in [0.2, 0.25) is 0 Å². The second-order valence-corrected chi connectivity index (χ2v) is 3.32. The maximum Gasteiger partial charge on any atom is 0.0577 e. The molecule has 1 aromatic carbocycles. The van der Waals surface area contributed by atoms with E-state index in [0.29, 0.717) is 17.9 Å². The molecule has 1 rings (SSSR count). The van der Waals surface area contributed by atoms with Crippen LogP contribution < -0.4 is 17.2 Å². The van der Waals surface area contributed by atoms with E-state index in [1.807, 2.05) is 31.2 Å². The summed E-state index contributed by atoms with van der Waals surface area (Å²) in [4.78, 5) is 0. The largest absolute Gasteiger partial charge is 0.397 e. The smallest absolute Gasteiger partial charge is 0.0577 e. The maximum atomic E-state index is 5.74. The number of nitrogens with two attached hydrogens (primary N) is 3. The molecular weight excluding hydrogens is 174 g/mol. The van der Waals surface area contributed by atoms with Crippen molar-refractivity contribution in [1.29, 1.82) is 0 Å². The molecule has 0 aromatic heterocycles.